The van der Waals surface area contributed by atoms with Gasteiger partial charge in [-0.15, -0.1) is 0 Å². The SMILES string of the molecule is COc1cc(C(=O)OCC(=O)Nc2cc([N+](=O)[O-])ccc2C)ccc1OC(F)F. The monoisotopic (exact) mass is 410 g/mol. The normalized spacial score (nSPS) is 10.4. The Morgan fingerprint density at radius 1 is 1.17 bits per heavy atom. The number of halogens is 2. The second-order valence-electron chi connectivity index (χ2n) is 5.62. The van der Waals surface area contributed by atoms with Gasteiger partial charge in [0.1, 0.15) is 0 Å². The number of amides is 1. The summed E-state index contributed by atoms with van der Waals surface area (Å²) >= 11 is 0. The first-order valence-electron chi connectivity index (χ1n) is 8.06. The van der Waals surface area contributed by atoms with E-state index < -0.39 is 30.0 Å². The van der Waals surface area contributed by atoms with Gasteiger partial charge in [0.25, 0.3) is 11.6 Å². The van der Waals surface area contributed by atoms with Crippen molar-refractivity contribution in [3.8, 4) is 11.5 Å². The highest BCUT2D eigenvalue weighted by Gasteiger charge is 2.17. The van der Waals surface area contributed by atoms with E-state index in [9.17, 15) is 28.5 Å². The quantitative estimate of drug-likeness (QED) is 0.403. The molecule has 0 fully saturated rings. The van der Waals surface area contributed by atoms with Crippen LogP contribution < -0.4 is 14.8 Å². The minimum atomic E-state index is -3.07. The number of ether oxygens (including phenoxy) is 3. The number of benzene rings is 2. The maximum Gasteiger partial charge on any atom is 0.387 e. The minimum Gasteiger partial charge on any atom is -0.493 e. The standard InChI is InChI=1S/C18H16F2N2O7/c1-10-3-5-12(22(25)26)8-13(10)21-16(23)9-28-17(24)11-4-6-14(29-18(19)20)15(7-11)27-2/h3-8,18H,9H2,1-2H3,(H,21,23). The van der Waals surface area contributed by atoms with E-state index in [4.69, 9.17) is 9.47 Å². The zero-order chi connectivity index (χ0) is 21.6. The molecule has 0 bridgehead atoms. The molecule has 11 heteroatoms. The molecule has 0 atom stereocenters. The first-order valence-corrected chi connectivity index (χ1v) is 8.06. The summed E-state index contributed by atoms with van der Waals surface area (Å²) in [5, 5.41) is 13.2. The van der Waals surface area contributed by atoms with Crippen LogP contribution >= 0.6 is 0 Å². The molecular formula is C18H16F2N2O7. The van der Waals surface area contributed by atoms with Gasteiger partial charge in [0.05, 0.1) is 23.3 Å². The molecule has 0 aromatic heterocycles. The van der Waals surface area contributed by atoms with Gasteiger partial charge in [-0.2, -0.15) is 8.78 Å². The summed E-state index contributed by atoms with van der Waals surface area (Å²) in [4.78, 5) is 34.3. The van der Waals surface area contributed by atoms with Crippen molar-refractivity contribution in [3.63, 3.8) is 0 Å². The van der Waals surface area contributed by atoms with Crippen LogP contribution in [0.2, 0.25) is 0 Å². The van der Waals surface area contributed by atoms with Gasteiger partial charge in [0, 0.05) is 12.1 Å². The van der Waals surface area contributed by atoms with Crippen LogP contribution in [0.5, 0.6) is 11.5 Å². The summed E-state index contributed by atoms with van der Waals surface area (Å²) in [6.07, 6.45) is 0. The minimum absolute atomic E-state index is 0.0530. The number of carbonyl (C=O) groups is 2. The molecule has 2 aromatic carbocycles. The summed E-state index contributed by atoms with van der Waals surface area (Å²) in [6, 6.07) is 7.35. The number of esters is 1. The van der Waals surface area contributed by atoms with E-state index in [1.165, 1.54) is 31.4 Å². The third-order valence-electron chi connectivity index (χ3n) is 3.66. The molecule has 2 rings (SSSR count). The number of nitrogens with zero attached hydrogens (tertiary/aromatic N) is 1. The molecule has 2 aromatic rings. The van der Waals surface area contributed by atoms with Gasteiger partial charge < -0.3 is 19.5 Å². The molecule has 0 aliphatic carbocycles. The number of hydrogen-bond donors (Lipinski definition) is 1. The molecule has 0 saturated carbocycles. The molecule has 29 heavy (non-hydrogen) atoms. The number of anilines is 1. The van der Waals surface area contributed by atoms with E-state index in [1.54, 1.807) is 6.92 Å². The highest BCUT2D eigenvalue weighted by Crippen LogP contribution is 2.29. The fourth-order valence-electron chi connectivity index (χ4n) is 2.25. The predicted octanol–water partition coefficient (Wildman–Crippen LogP) is 3.31. The van der Waals surface area contributed by atoms with E-state index in [1.807, 2.05) is 0 Å². The molecule has 1 N–H and O–H groups in total. The maximum absolute atomic E-state index is 12.3. The number of nitro groups is 1. The first kappa shape index (κ1) is 21.5. The smallest absolute Gasteiger partial charge is 0.387 e. The zero-order valence-corrected chi connectivity index (χ0v) is 15.3. The van der Waals surface area contributed by atoms with Crippen molar-refractivity contribution in [2.45, 2.75) is 13.5 Å². The predicted molar refractivity (Wildman–Crippen MR) is 96.4 cm³/mol. The van der Waals surface area contributed by atoms with Crippen LogP contribution in [0.15, 0.2) is 36.4 Å². The van der Waals surface area contributed by atoms with Crippen LogP contribution in [0.1, 0.15) is 15.9 Å². The first-order chi connectivity index (χ1) is 13.7. The van der Waals surface area contributed by atoms with Gasteiger partial charge in [0.2, 0.25) is 0 Å². The molecule has 0 saturated heterocycles. The number of rotatable bonds is 8. The number of hydrogen-bond acceptors (Lipinski definition) is 7. The largest absolute Gasteiger partial charge is 0.493 e. The van der Waals surface area contributed by atoms with Crippen LogP contribution in [-0.2, 0) is 9.53 Å². The number of nitrogens with one attached hydrogen (secondary N) is 1. The van der Waals surface area contributed by atoms with Gasteiger partial charge in [-0.1, -0.05) is 6.07 Å². The van der Waals surface area contributed by atoms with Crippen LogP contribution in [0.4, 0.5) is 20.2 Å². The van der Waals surface area contributed by atoms with Crippen molar-refractivity contribution in [1.29, 1.82) is 0 Å². The van der Waals surface area contributed by atoms with E-state index in [-0.39, 0.29) is 28.4 Å². The summed E-state index contributed by atoms with van der Waals surface area (Å²) in [6.45, 7) is -2.10. The Balaban J connectivity index is 2.01. The Bertz CT molecular complexity index is 934. The number of alkyl halides is 2. The molecular weight excluding hydrogens is 394 g/mol. The topological polar surface area (TPSA) is 117 Å². The second kappa shape index (κ2) is 9.44. The van der Waals surface area contributed by atoms with Crippen molar-refractivity contribution in [3.05, 3.63) is 57.6 Å². The highest BCUT2D eigenvalue weighted by molar-refractivity contribution is 5.96. The average molecular weight is 410 g/mol. The molecule has 0 heterocycles. The van der Waals surface area contributed by atoms with E-state index in [0.29, 0.717) is 5.56 Å². The Labute approximate surface area is 163 Å². The molecule has 154 valence electrons. The number of aryl methyl sites for hydroxylation is 1. The molecule has 0 aliphatic heterocycles. The van der Waals surface area contributed by atoms with Crippen molar-refractivity contribution in [2.24, 2.45) is 0 Å². The van der Waals surface area contributed by atoms with Gasteiger partial charge in [0.15, 0.2) is 18.1 Å². The van der Waals surface area contributed by atoms with Crippen LogP contribution in [0.3, 0.4) is 0 Å². The molecule has 1 amide bonds. The van der Waals surface area contributed by atoms with Gasteiger partial charge >= 0.3 is 12.6 Å². The summed E-state index contributed by atoms with van der Waals surface area (Å²) in [5.41, 5.74) is 0.522. The summed E-state index contributed by atoms with van der Waals surface area (Å²) in [5.74, 6) is -2.00. The summed E-state index contributed by atoms with van der Waals surface area (Å²) < 4.78 is 38.7. The fraction of sp³-hybridized carbons (Fsp3) is 0.222. The van der Waals surface area contributed by atoms with Crippen molar-refractivity contribution in [2.75, 3.05) is 19.0 Å². The third-order valence-corrected chi connectivity index (χ3v) is 3.66. The summed E-state index contributed by atoms with van der Waals surface area (Å²) in [7, 11) is 1.21. The van der Waals surface area contributed by atoms with E-state index >= 15 is 0 Å². The molecule has 0 aliphatic rings. The third kappa shape index (κ3) is 5.86. The Morgan fingerprint density at radius 2 is 1.90 bits per heavy atom. The Hall–Kier alpha value is -3.76. The lowest BCUT2D eigenvalue weighted by Gasteiger charge is -2.11. The Kier molecular flexibility index (Phi) is 7.01. The van der Waals surface area contributed by atoms with Crippen LogP contribution in [0, 0.1) is 17.0 Å². The van der Waals surface area contributed by atoms with Crippen molar-refractivity contribution < 1.29 is 37.5 Å². The molecule has 0 radical (unpaired) electrons. The van der Waals surface area contributed by atoms with Gasteiger partial charge in [-0.05, 0) is 30.7 Å². The number of methoxy groups -OCH3 is 1. The lowest BCUT2D eigenvalue weighted by Crippen LogP contribution is -2.21. The molecule has 9 nitrogen and oxygen atoms in total. The Morgan fingerprint density at radius 3 is 2.52 bits per heavy atom. The second-order valence-corrected chi connectivity index (χ2v) is 5.62. The lowest BCUT2D eigenvalue weighted by molar-refractivity contribution is -0.384. The van der Waals surface area contributed by atoms with Crippen molar-refractivity contribution in [1.82, 2.24) is 0 Å². The van der Waals surface area contributed by atoms with E-state index in [0.717, 1.165) is 12.1 Å². The number of carbonyl (C=O) groups excluding carboxylic acids is 2. The maximum atomic E-state index is 12.3. The number of nitro benzene ring substituents is 1. The fourth-order valence-corrected chi connectivity index (χ4v) is 2.25. The van der Waals surface area contributed by atoms with E-state index in [2.05, 4.69) is 10.1 Å². The average Bonchev–Trinajstić information content (AvgIpc) is 2.67. The van der Waals surface area contributed by atoms with Gasteiger partial charge in [-0.3, -0.25) is 14.9 Å². The zero-order valence-electron chi connectivity index (χ0n) is 15.3. The highest BCUT2D eigenvalue weighted by atomic mass is 19.3. The molecule has 0 unspecified atom stereocenters. The van der Waals surface area contributed by atoms with Gasteiger partial charge in [-0.25, -0.2) is 4.79 Å². The number of non-ortho nitro benzene ring substituents is 1. The van der Waals surface area contributed by atoms with Crippen LogP contribution in [0.25, 0.3) is 0 Å². The van der Waals surface area contributed by atoms with Crippen LogP contribution in [-0.4, -0.2) is 37.1 Å². The molecule has 0 spiro atoms. The van der Waals surface area contributed by atoms with Crippen molar-refractivity contribution >= 4 is 23.3 Å². The lowest BCUT2D eigenvalue weighted by atomic mass is 10.2.